The van der Waals surface area contributed by atoms with Crippen molar-refractivity contribution >= 4 is 35.0 Å². The third-order valence-corrected chi connectivity index (χ3v) is 5.02. The lowest BCUT2D eigenvalue weighted by molar-refractivity contribution is -0.139. The summed E-state index contributed by atoms with van der Waals surface area (Å²) in [5.41, 5.74) is 8.38. The van der Waals surface area contributed by atoms with Crippen molar-refractivity contribution in [3.8, 4) is 11.5 Å². The average molecular weight is 394 g/mol. The Morgan fingerprint density at radius 2 is 1.92 bits per heavy atom. The van der Waals surface area contributed by atoms with Crippen molar-refractivity contribution in [2.24, 2.45) is 0 Å². The maximum Gasteiger partial charge on any atom is 0.309 e. The Morgan fingerprint density at radius 1 is 1.19 bits per heavy atom. The van der Waals surface area contributed by atoms with Crippen LogP contribution in [0.1, 0.15) is 31.9 Å². The van der Waals surface area contributed by atoms with Crippen LogP contribution in [0.3, 0.4) is 0 Å². The average Bonchev–Trinajstić information content (AvgIpc) is 2.53. The minimum atomic E-state index is -0.326. The number of ether oxygens (including phenoxy) is 2. The first-order chi connectivity index (χ1) is 12.2. The topological polar surface area (TPSA) is 61.5 Å². The number of nitrogen functional groups attached to an aromatic ring is 1. The second kappa shape index (κ2) is 8.69. The highest BCUT2D eigenvalue weighted by atomic mass is 35.5. The van der Waals surface area contributed by atoms with Crippen molar-refractivity contribution in [3.63, 3.8) is 0 Å². The van der Waals surface area contributed by atoms with Gasteiger partial charge in [-0.3, -0.25) is 4.79 Å². The molecule has 0 spiro atoms. The van der Waals surface area contributed by atoms with Crippen LogP contribution >= 0.6 is 23.4 Å². The van der Waals surface area contributed by atoms with Crippen LogP contribution in [0.4, 0.5) is 5.69 Å². The van der Waals surface area contributed by atoms with Gasteiger partial charge < -0.3 is 15.2 Å². The second-order valence-electron chi connectivity index (χ2n) is 6.92. The molecule has 0 radical (unpaired) electrons. The number of halogens is 1. The van der Waals surface area contributed by atoms with Crippen LogP contribution in [0.2, 0.25) is 5.02 Å². The molecule has 0 heterocycles. The van der Waals surface area contributed by atoms with E-state index in [0.29, 0.717) is 16.5 Å². The van der Waals surface area contributed by atoms with Crippen molar-refractivity contribution in [3.05, 3.63) is 52.5 Å². The van der Waals surface area contributed by atoms with Gasteiger partial charge in [0.2, 0.25) is 0 Å². The van der Waals surface area contributed by atoms with E-state index in [1.54, 1.807) is 24.3 Å². The molecule has 0 unspecified atom stereocenters. The molecule has 6 heteroatoms. The van der Waals surface area contributed by atoms with E-state index in [1.165, 1.54) is 7.11 Å². The molecule has 0 saturated carbocycles. The molecule has 0 atom stereocenters. The Hall–Kier alpha value is -1.85. The maximum absolute atomic E-state index is 11.5. The molecular formula is C20H24ClNO3S. The number of rotatable bonds is 6. The number of hydrogen-bond donors (Lipinski definition) is 1. The van der Waals surface area contributed by atoms with Crippen LogP contribution in [0.15, 0.2) is 36.4 Å². The van der Waals surface area contributed by atoms with E-state index in [1.807, 2.05) is 23.9 Å². The Morgan fingerprint density at radius 3 is 2.58 bits per heavy atom. The molecular weight excluding hydrogens is 370 g/mol. The van der Waals surface area contributed by atoms with Crippen LogP contribution in [0.25, 0.3) is 0 Å². The van der Waals surface area contributed by atoms with Crippen LogP contribution in [0.5, 0.6) is 11.5 Å². The third kappa shape index (κ3) is 6.46. The van der Waals surface area contributed by atoms with Crippen LogP contribution < -0.4 is 10.5 Å². The third-order valence-electron chi connectivity index (χ3n) is 3.48. The number of nitrogens with two attached hydrogens (primary N) is 1. The van der Waals surface area contributed by atoms with Gasteiger partial charge >= 0.3 is 5.97 Å². The summed E-state index contributed by atoms with van der Waals surface area (Å²) < 4.78 is 10.9. The Labute approximate surface area is 164 Å². The summed E-state index contributed by atoms with van der Waals surface area (Å²) in [4.78, 5) is 11.5. The fourth-order valence-electron chi connectivity index (χ4n) is 2.25. The van der Waals surface area contributed by atoms with Crippen molar-refractivity contribution in [1.29, 1.82) is 0 Å². The lowest BCUT2D eigenvalue weighted by Crippen LogP contribution is -2.08. The summed E-state index contributed by atoms with van der Waals surface area (Å²) >= 11 is 7.99. The van der Waals surface area contributed by atoms with Gasteiger partial charge in [0.1, 0.15) is 11.5 Å². The molecule has 2 aromatic carbocycles. The highest BCUT2D eigenvalue weighted by Crippen LogP contribution is 2.35. The fourth-order valence-corrected chi connectivity index (χ4v) is 3.32. The number of carbonyl (C=O) groups is 1. The van der Waals surface area contributed by atoms with Crippen LogP contribution in [-0.2, 0) is 21.7 Å². The Kier molecular flexibility index (Phi) is 6.84. The van der Waals surface area contributed by atoms with E-state index in [0.717, 1.165) is 22.6 Å². The minimum absolute atomic E-state index is 0.131. The molecule has 0 aliphatic carbocycles. The van der Waals surface area contributed by atoms with E-state index in [-0.39, 0.29) is 17.1 Å². The fraction of sp³-hybridized carbons (Fsp3) is 0.350. The van der Waals surface area contributed by atoms with E-state index in [2.05, 4.69) is 20.8 Å². The molecule has 0 aliphatic heterocycles. The minimum Gasteiger partial charge on any atom is -0.469 e. The molecule has 4 nitrogen and oxygen atoms in total. The van der Waals surface area contributed by atoms with Gasteiger partial charge in [-0.05, 0) is 42.0 Å². The molecule has 0 aliphatic rings. The van der Waals surface area contributed by atoms with Crippen molar-refractivity contribution in [1.82, 2.24) is 0 Å². The Bertz CT molecular complexity index is 787. The molecule has 0 bridgehead atoms. The van der Waals surface area contributed by atoms with E-state index < -0.39 is 0 Å². The van der Waals surface area contributed by atoms with Crippen LogP contribution in [-0.4, -0.2) is 17.8 Å². The summed E-state index contributed by atoms with van der Waals surface area (Å²) in [7, 11) is 1.36. The smallest absolute Gasteiger partial charge is 0.309 e. The predicted molar refractivity (Wildman–Crippen MR) is 109 cm³/mol. The molecule has 2 aromatic rings. The van der Waals surface area contributed by atoms with E-state index in [9.17, 15) is 4.79 Å². The van der Waals surface area contributed by atoms with Gasteiger partial charge in [0, 0.05) is 26.8 Å². The quantitative estimate of drug-likeness (QED) is 0.521. The van der Waals surface area contributed by atoms with Gasteiger partial charge in [-0.15, -0.1) is 0 Å². The van der Waals surface area contributed by atoms with Gasteiger partial charge in [-0.2, -0.15) is 11.8 Å². The summed E-state index contributed by atoms with van der Waals surface area (Å²) in [5.74, 6) is 1.75. The maximum atomic E-state index is 11.5. The lowest BCUT2D eigenvalue weighted by Gasteiger charge is -2.19. The van der Waals surface area contributed by atoms with Crippen LogP contribution in [0, 0.1) is 0 Å². The molecule has 0 fully saturated rings. The number of hydrogen-bond acceptors (Lipinski definition) is 5. The number of benzene rings is 2. The van der Waals surface area contributed by atoms with Gasteiger partial charge in [0.05, 0.1) is 13.5 Å². The highest BCUT2D eigenvalue weighted by molar-refractivity contribution is 7.99. The first kappa shape index (κ1) is 20.5. The number of methoxy groups -OCH3 is 1. The summed E-state index contributed by atoms with van der Waals surface area (Å²) in [6.45, 7) is 6.50. The zero-order chi connectivity index (χ0) is 19.3. The zero-order valence-corrected chi connectivity index (χ0v) is 17.0. The number of carbonyl (C=O) groups excluding carboxylic acids is 1. The first-order valence-electron chi connectivity index (χ1n) is 8.23. The zero-order valence-electron chi connectivity index (χ0n) is 15.5. The lowest BCUT2D eigenvalue weighted by atomic mass is 10.1. The molecule has 2 rings (SSSR count). The van der Waals surface area contributed by atoms with Gasteiger partial charge in [0.15, 0.2) is 0 Å². The van der Waals surface area contributed by atoms with Gasteiger partial charge in [0.25, 0.3) is 0 Å². The molecule has 0 amide bonds. The largest absolute Gasteiger partial charge is 0.469 e. The van der Waals surface area contributed by atoms with Crippen molar-refractivity contribution in [2.75, 3.05) is 12.8 Å². The summed E-state index contributed by atoms with van der Waals surface area (Å²) in [5, 5.41) is 0.502. The molecule has 2 N–H and O–H groups in total. The SMILES string of the molecule is COC(=O)Cc1cc(Cl)cc(Oc2ccc(N)cc2CSC(C)(C)C)c1. The van der Waals surface area contributed by atoms with E-state index in [4.69, 9.17) is 26.8 Å². The standard InChI is InChI=1S/C20H24ClNO3S/c1-20(2,3)26-12-14-10-16(22)5-6-18(14)25-17-8-13(7-15(21)11-17)9-19(23)24-4/h5-8,10-11H,9,12,22H2,1-4H3. The van der Waals surface area contributed by atoms with Crippen molar-refractivity contribution in [2.45, 2.75) is 37.7 Å². The molecule has 26 heavy (non-hydrogen) atoms. The Balaban J connectivity index is 2.26. The van der Waals surface area contributed by atoms with Crippen molar-refractivity contribution < 1.29 is 14.3 Å². The number of thioether (sulfide) groups is 1. The summed E-state index contributed by atoms with van der Waals surface area (Å²) in [6.07, 6.45) is 0.141. The normalized spacial score (nSPS) is 11.3. The second-order valence-corrected chi connectivity index (χ2v) is 9.16. The first-order valence-corrected chi connectivity index (χ1v) is 9.59. The molecule has 0 saturated heterocycles. The van der Waals surface area contributed by atoms with E-state index >= 15 is 0 Å². The number of esters is 1. The predicted octanol–water partition coefficient (Wildman–Crippen LogP) is 5.46. The van der Waals surface area contributed by atoms with Gasteiger partial charge in [-0.1, -0.05) is 32.4 Å². The molecule has 140 valence electrons. The monoisotopic (exact) mass is 393 g/mol. The summed E-state index contributed by atoms with van der Waals surface area (Å²) in [6, 6.07) is 10.8. The molecule has 0 aromatic heterocycles. The number of anilines is 1. The highest BCUT2D eigenvalue weighted by Gasteiger charge is 2.14. The van der Waals surface area contributed by atoms with Gasteiger partial charge in [-0.25, -0.2) is 0 Å².